The predicted molar refractivity (Wildman–Crippen MR) is 80.8 cm³/mol. The third-order valence-electron chi connectivity index (χ3n) is 3.81. The van der Waals surface area contributed by atoms with Crippen LogP contribution < -0.4 is 0 Å². The number of piperidine rings is 1. The minimum atomic E-state index is -3.51. The van der Waals surface area contributed by atoms with Gasteiger partial charge in [-0.2, -0.15) is 4.31 Å². The minimum Gasteiger partial charge on any atom is -0.348 e. The molecule has 1 aliphatic heterocycles. The van der Waals surface area contributed by atoms with E-state index in [0.717, 1.165) is 18.7 Å². The minimum absolute atomic E-state index is 0.183. The number of rotatable bonds is 3. The van der Waals surface area contributed by atoms with Crippen molar-refractivity contribution >= 4 is 21.6 Å². The number of sulfonamides is 1. The summed E-state index contributed by atoms with van der Waals surface area (Å²) in [6.07, 6.45) is 5.04. The fourth-order valence-electron chi connectivity index (χ4n) is 2.66. The Morgan fingerprint density at radius 2 is 1.95 bits per heavy atom. The zero-order valence-electron chi connectivity index (χ0n) is 11.4. The quantitative estimate of drug-likeness (QED) is 0.943. The lowest BCUT2D eigenvalue weighted by molar-refractivity contribution is 0.314. The van der Waals surface area contributed by atoms with Crippen molar-refractivity contribution in [2.45, 2.75) is 23.7 Å². The summed E-state index contributed by atoms with van der Waals surface area (Å²) in [4.78, 5) is 7.54. The number of aromatic nitrogens is 2. The number of nitrogens with zero attached hydrogens (tertiary/aromatic N) is 2. The van der Waals surface area contributed by atoms with Crippen LogP contribution in [0.5, 0.6) is 0 Å². The van der Waals surface area contributed by atoms with E-state index in [1.54, 1.807) is 36.7 Å². The number of imidazole rings is 1. The molecule has 0 unspecified atom stereocenters. The zero-order chi connectivity index (χ0) is 14.9. The molecular formula is C14H16ClN3O2S. The van der Waals surface area contributed by atoms with Gasteiger partial charge in [-0.1, -0.05) is 23.7 Å². The van der Waals surface area contributed by atoms with Crippen LogP contribution in [0.4, 0.5) is 0 Å². The second kappa shape index (κ2) is 5.79. The molecule has 0 spiro atoms. The third kappa shape index (κ3) is 2.84. The molecular weight excluding hydrogens is 310 g/mol. The Kier molecular flexibility index (Phi) is 4.01. The summed E-state index contributed by atoms with van der Waals surface area (Å²) in [6.45, 7) is 0.970. The Morgan fingerprint density at radius 3 is 2.57 bits per heavy atom. The first-order valence-electron chi connectivity index (χ1n) is 6.83. The summed E-state index contributed by atoms with van der Waals surface area (Å²) in [7, 11) is -3.51. The molecule has 0 saturated carbocycles. The number of hydrogen-bond acceptors (Lipinski definition) is 3. The smallest absolute Gasteiger partial charge is 0.244 e. The van der Waals surface area contributed by atoms with E-state index in [1.165, 1.54) is 4.31 Å². The van der Waals surface area contributed by atoms with Crippen LogP contribution in [-0.2, 0) is 10.0 Å². The predicted octanol–water partition coefficient (Wildman–Crippen LogP) is 2.63. The number of halogens is 1. The Morgan fingerprint density at radius 1 is 1.24 bits per heavy atom. The normalized spacial score (nSPS) is 18.0. The lowest BCUT2D eigenvalue weighted by Crippen LogP contribution is -2.38. The fourth-order valence-corrected chi connectivity index (χ4v) is 4.63. The average molecular weight is 326 g/mol. The van der Waals surface area contributed by atoms with Crippen LogP contribution in [0.15, 0.2) is 41.6 Å². The van der Waals surface area contributed by atoms with E-state index >= 15 is 0 Å². The van der Waals surface area contributed by atoms with Gasteiger partial charge in [-0.15, -0.1) is 0 Å². The summed E-state index contributed by atoms with van der Waals surface area (Å²) in [6, 6.07) is 6.57. The molecule has 5 nitrogen and oxygen atoms in total. The lowest BCUT2D eigenvalue weighted by atomic mass is 9.98. The maximum absolute atomic E-state index is 12.6. The van der Waals surface area contributed by atoms with Crippen molar-refractivity contribution in [1.82, 2.24) is 14.3 Å². The second-order valence-corrected chi connectivity index (χ2v) is 7.40. The van der Waals surface area contributed by atoms with E-state index in [4.69, 9.17) is 11.6 Å². The Balaban J connectivity index is 1.76. The molecule has 1 N–H and O–H groups in total. The molecule has 1 saturated heterocycles. The highest BCUT2D eigenvalue weighted by Gasteiger charge is 2.31. The van der Waals surface area contributed by atoms with Crippen LogP contribution in [0.3, 0.4) is 0 Å². The van der Waals surface area contributed by atoms with Gasteiger partial charge in [0.05, 0.1) is 5.02 Å². The van der Waals surface area contributed by atoms with E-state index in [9.17, 15) is 8.42 Å². The Labute approximate surface area is 129 Å². The first-order valence-corrected chi connectivity index (χ1v) is 8.65. The lowest BCUT2D eigenvalue weighted by Gasteiger charge is -2.30. The molecule has 7 heteroatoms. The van der Waals surface area contributed by atoms with Crippen LogP contribution in [0.2, 0.25) is 5.02 Å². The Hall–Kier alpha value is -1.37. The van der Waals surface area contributed by atoms with Gasteiger partial charge in [0.2, 0.25) is 10.0 Å². The number of nitrogens with one attached hydrogen (secondary N) is 1. The van der Waals surface area contributed by atoms with Gasteiger partial charge in [0.25, 0.3) is 0 Å². The van der Waals surface area contributed by atoms with Crippen LogP contribution in [0.1, 0.15) is 24.6 Å². The molecule has 112 valence electrons. The molecule has 1 aromatic carbocycles. The molecule has 21 heavy (non-hydrogen) atoms. The topological polar surface area (TPSA) is 66.1 Å². The van der Waals surface area contributed by atoms with Gasteiger partial charge in [0.15, 0.2) is 0 Å². The maximum Gasteiger partial charge on any atom is 0.244 e. The van der Waals surface area contributed by atoms with Crippen LogP contribution in [0, 0.1) is 0 Å². The molecule has 0 bridgehead atoms. The standard InChI is InChI=1S/C14H16ClN3O2S/c15-12-3-1-2-4-13(12)21(19,20)18-9-5-11(6-10-18)14-16-7-8-17-14/h1-4,7-8,11H,5-6,9-10H2,(H,16,17). The summed E-state index contributed by atoms with van der Waals surface area (Å²) in [5, 5.41) is 0.269. The van der Waals surface area contributed by atoms with Gasteiger partial charge in [-0.3, -0.25) is 0 Å². The summed E-state index contributed by atoms with van der Waals surface area (Å²) in [5.74, 6) is 1.22. The summed E-state index contributed by atoms with van der Waals surface area (Å²) >= 11 is 6.02. The molecule has 0 atom stereocenters. The summed E-state index contributed by atoms with van der Waals surface area (Å²) < 4.78 is 26.7. The Bertz CT molecular complexity index is 708. The highest BCUT2D eigenvalue weighted by molar-refractivity contribution is 7.89. The van der Waals surface area contributed by atoms with Crippen molar-refractivity contribution in [1.29, 1.82) is 0 Å². The van der Waals surface area contributed by atoms with E-state index in [0.29, 0.717) is 13.1 Å². The van der Waals surface area contributed by atoms with Crippen molar-refractivity contribution in [3.63, 3.8) is 0 Å². The molecule has 2 heterocycles. The zero-order valence-corrected chi connectivity index (χ0v) is 12.9. The van der Waals surface area contributed by atoms with Crippen molar-refractivity contribution in [2.75, 3.05) is 13.1 Å². The van der Waals surface area contributed by atoms with E-state index < -0.39 is 10.0 Å². The van der Waals surface area contributed by atoms with Gasteiger partial charge in [-0.05, 0) is 25.0 Å². The number of aromatic amines is 1. The molecule has 3 rings (SSSR count). The first-order chi connectivity index (χ1) is 10.1. The van der Waals surface area contributed by atoms with Crippen LogP contribution >= 0.6 is 11.6 Å². The molecule has 0 radical (unpaired) electrons. The second-order valence-electron chi connectivity index (χ2n) is 5.08. The van der Waals surface area contributed by atoms with Gasteiger partial charge < -0.3 is 4.98 Å². The average Bonchev–Trinajstić information content (AvgIpc) is 3.02. The fraction of sp³-hybridized carbons (Fsp3) is 0.357. The third-order valence-corrected chi connectivity index (χ3v) is 6.21. The monoisotopic (exact) mass is 325 g/mol. The van der Waals surface area contributed by atoms with Crippen molar-refractivity contribution in [2.24, 2.45) is 0 Å². The molecule has 1 fully saturated rings. The number of hydrogen-bond donors (Lipinski definition) is 1. The van der Waals surface area contributed by atoms with Crippen LogP contribution in [0.25, 0.3) is 0 Å². The highest BCUT2D eigenvalue weighted by Crippen LogP contribution is 2.30. The van der Waals surface area contributed by atoms with Crippen molar-refractivity contribution in [3.8, 4) is 0 Å². The first kappa shape index (κ1) is 14.6. The summed E-state index contributed by atoms with van der Waals surface area (Å²) in [5.41, 5.74) is 0. The van der Waals surface area contributed by atoms with Gasteiger partial charge in [0.1, 0.15) is 10.7 Å². The van der Waals surface area contributed by atoms with Gasteiger partial charge >= 0.3 is 0 Å². The highest BCUT2D eigenvalue weighted by atomic mass is 35.5. The van der Waals surface area contributed by atoms with Crippen molar-refractivity contribution in [3.05, 3.63) is 47.5 Å². The SMILES string of the molecule is O=S(=O)(c1ccccc1Cl)N1CCC(c2ncc[nH]2)CC1. The molecule has 1 aromatic heterocycles. The van der Waals surface area contributed by atoms with Gasteiger partial charge in [-0.25, -0.2) is 13.4 Å². The van der Waals surface area contributed by atoms with E-state index in [-0.39, 0.29) is 15.8 Å². The maximum atomic E-state index is 12.6. The molecule has 2 aromatic rings. The molecule has 0 amide bonds. The van der Waals surface area contributed by atoms with Crippen molar-refractivity contribution < 1.29 is 8.42 Å². The largest absolute Gasteiger partial charge is 0.348 e. The van der Waals surface area contributed by atoms with Crippen LogP contribution in [-0.4, -0.2) is 35.8 Å². The number of benzene rings is 1. The van der Waals surface area contributed by atoms with E-state index in [2.05, 4.69) is 9.97 Å². The molecule has 1 aliphatic rings. The van der Waals surface area contributed by atoms with Gasteiger partial charge in [0, 0.05) is 31.4 Å². The molecule has 0 aliphatic carbocycles. The van der Waals surface area contributed by atoms with E-state index in [1.807, 2.05) is 0 Å². The number of H-pyrrole nitrogens is 1.